The zero-order chi connectivity index (χ0) is 15.9. The quantitative estimate of drug-likeness (QED) is 0.513. The van der Waals surface area contributed by atoms with E-state index in [2.05, 4.69) is 15.1 Å². The molecule has 0 saturated heterocycles. The minimum absolute atomic E-state index is 0. The van der Waals surface area contributed by atoms with Gasteiger partial charge < -0.3 is 20.4 Å². The van der Waals surface area contributed by atoms with Crippen molar-refractivity contribution in [2.45, 2.75) is 6.92 Å². The van der Waals surface area contributed by atoms with Crippen LogP contribution >= 0.6 is 0 Å². The predicted molar refractivity (Wildman–Crippen MR) is 76.2 cm³/mol. The minimum Gasteiger partial charge on any atom is -0.545 e. The Morgan fingerprint density at radius 2 is 2.09 bits per heavy atom. The van der Waals surface area contributed by atoms with Crippen molar-refractivity contribution in [1.29, 1.82) is 0 Å². The number of carbonyl (C=O) groups excluding carboxylic acids is 1. The first-order chi connectivity index (χ1) is 10.5. The molecule has 0 spiro atoms. The molecule has 3 aromatic rings. The van der Waals surface area contributed by atoms with Crippen molar-refractivity contribution in [1.82, 2.24) is 19.6 Å². The molecule has 0 aromatic carbocycles. The number of hydrogen-bond acceptors (Lipinski definition) is 7. The van der Waals surface area contributed by atoms with E-state index in [4.69, 9.17) is 10.5 Å². The van der Waals surface area contributed by atoms with Crippen molar-refractivity contribution in [3.63, 3.8) is 0 Å². The molecular formula is C14H12N5NaO3. The SMILES string of the molecule is COc1ncc(-c2cc(C)c3c(N)ncnn23)cc1C(=O)[O-].[Na+]. The number of ether oxygens (including phenoxy) is 1. The Balaban J connectivity index is 0.00000192. The molecule has 0 radical (unpaired) electrons. The normalized spacial score (nSPS) is 10.3. The summed E-state index contributed by atoms with van der Waals surface area (Å²) in [5.41, 5.74) is 8.48. The van der Waals surface area contributed by atoms with Crippen LogP contribution in [0.4, 0.5) is 5.82 Å². The molecule has 3 aromatic heterocycles. The zero-order valence-corrected chi connectivity index (χ0v) is 14.9. The third-order valence-corrected chi connectivity index (χ3v) is 3.33. The number of nitrogens with zero attached hydrogens (tertiary/aromatic N) is 4. The molecule has 0 aliphatic rings. The number of pyridine rings is 1. The second kappa shape index (κ2) is 6.53. The molecule has 0 unspecified atom stereocenters. The van der Waals surface area contributed by atoms with Crippen LogP contribution < -0.4 is 45.1 Å². The molecular weight excluding hydrogens is 309 g/mol. The number of hydrogen-bond donors (Lipinski definition) is 1. The third kappa shape index (κ3) is 2.88. The number of methoxy groups -OCH3 is 1. The molecule has 0 amide bonds. The maximum Gasteiger partial charge on any atom is 1.00 e. The van der Waals surface area contributed by atoms with Crippen LogP contribution in [0.2, 0.25) is 0 Å². The Labute approximate surface area is 153 Å². The van der Waals surface area contributed by atoms with E-state index in [1.54, 1.807) is 4.52 Å². The summed E-state index contributed by atoms with van der Waals surface area (Å²) in [6.07, 6.45) is 2.84. The monoisotopic (exact) mass is 321 g/mol. The van der Waals surface area contributed by atoms with Crippen LogP contribution in [0.5, 0.6) is 5.88 Å². The number of nitrogens with two attached hydrogens (primary N) is 1. The van der Waals surface area contributed by atoms with Crippen molar-refractivity contribution >= 4 is 17.3 Å². The molecule has 8 nitrogen and oxygen atoms in total. The van der Waals surface area contributed by atoms with Gasteiger partial charge in [-0.15, -0.1) is 0 Å². The van der Waals surface area contributed by atoms with E-state index in [1.807, 2.05) is 13.0 Å². The number of carboxylic acids is 1. The molecule has 0 atom stereocenters. The Morgan fingerprint density at radius 3 is 2.74 bits per heavy atom. The number of aryl methyl sites for hydroxylation is 1. The summed E-state index contributed by atoms with van der Waals surface area (Å²) in [7, 11) is 1.35. The number of rotatable bonds is 3. The summed E-state index contributed by atoms with van der Waals surface area (Å²) in [6, 6.07) is 3.27. The van der Waals surface area contributed by atoms with Gasteiger partial charge in [0.15, 0.2) is 5.82 Å². The summed E-state index contributed by atoms with van der Waals surface area (Å²) in [5.74, 6) is -1.02. The average molecular weight is 321 g/mol. The van der Waals surface area contributed by atoms with Gasteiger partial charge in [-0.1, -0.05) is 0 Å². The van der Waals surface area contributed by atoms with E-state index in [-0.39, 0.29) is 41.0 Å². The number of aromatic nitrogens is 4. The fourth-order valence-electron chi connectivity index (χ4n) is 2.36. The van der Waals surface area contributed by atoms with Gasteiger partial charge in [-0.25, -0.2) is 14.5 Å². The fourth-order valence-corrected chi connectivity index (χ4v) is 2.36. The van der Waals surface area contributed by atoms with Gasteiger partial charge in [-0.2, -0.15) is 5.10 Å². The first-order valence-corrected chi connectivity index (χ1v) is 6.37. The summed E-state index contributed by atoms with van der Waals surface area (Å²) in [6.45, 7) is 1.87. The predicted octanol–water partition coefficient (Wildman–Crippen LogP) is -2.94. The van der Waals surface area contributed by atoms with Crippen LogP contribution in [0.3, 0.4) is 0 Å². The number of carbonyl (C=O) groups is 1. The third-order valence-electron chi connectivity index (χ3n) is 3.33. The van der Waals surface area contributed by atoms with Crippen molar-refractivity contribution in [2.24, 2.45) is 0 Å². The smallest absolute Gasteiger partial charge is 0.545 e. The van der Waals surface area contributed by atoms with Crippen molar-refractivity contribution in [3.05, 3.63) is 35.8 Å². The number of aromatic carboxylic acids is 1. The summed E-state index contributed by atoms with van der Waals surface area (Å²) in [5, 5.41) is 15.4. The van der Waals surface area contributed by atoms with Crippen LogP contribution in [0.25, 0.3) is 16.8 Å². The number of carboxylic acid groups (broad SMARTS) is 1. The van der Waals surface area contributed by atoms with Crippen LogP contribution in [0.1, 0.15) is 15.9 Å². The maximum atomic E-state index is 11.2. The number of nitrogen functional groups attached to an aromatic ring is 1. The molecule has 3 rings (SSSR count). The first kappa shape index (κ1) is 17.2. The van der Waals surface area contributed by atoms with Crippen LogP contribution in [0, 0.1) is 6.92 Å². The molecule has 3 heterocycles. The van der Waals surface area contributed by atoms with Crippen LogP contribution in [-0.4, -0.2) is 32.7 Å². The van der Waals surface area contributed by atoms with Gasteiger partial charge in [-0.3, -0.25) is 0 Å². The molecule has 0 fully saturated rings. The van der Waals surface area contributed by atoms with E-state index in [1.165, 1.54) is 25.7 Å². The van der Waals surface area contributed by atoms with Gasteiger partial charge in [0.1, 0.15) is 11.8 Å². The summed E-state index contributed by atoms with van der Waals surface area (Å²) in [4.78, 5) is 19.2. The standard InChI is InChI=1S/C14H13N5O3.Na/c1-7-3-10(19-11(7)12(15)17-6-18-19)8-4-9(14(20)21)13(22-2)16-5-8;/h3-6H,1-2H3,(H,20,21)(H2,15,17,18);/q;+1/p-1. The molecule has 23 heavy (non-hydrogen) atoms. The van der Waals surface area contributed by atoms with E-state index in [9.17, 15) is 9.90 Å². The van der Waals surface area contributed by atoms with Crippen LogP contribution in [0.15, 0.2) is 24.7 Å². The van der Waals surface area contributed by atoms with Crippen LogP contribution in [-0.2, 0) is 0 Å². The second-order valence-corrected chi connectivity index (χ2v) is 4.69. The van der Waals surface area contributed by atoms with Crippen molar-refractivity contribution in [3.8, 4) is 17.1 Å². The van der Waals surface area contributed by atoms with Gasteiger partial charge in [0, 0.05) is 11.8 Å². The largest absolute Gasteiger partial charge is 1.00 e. The Hall–Kier alpha value is -2.16. The minimum atomic E-state index is -1.36. The number of anilines is 1. The Kier molecular flexibility index (Phi) is 4.88. The van der Waals surface area contributed by atoms with Crippen molar-refractivity contribution < 1.29 is 44.2 Å². The van der Waals surface area contributed by atoms with E-state index in [0.29, 0.717) is 22.6 Å². The Bertz CT molecular complexity index is 893. The summed E-state index contributed by atoms with van der Waals surface area (Å²) >= 11 is 0. The molecule has 0 aliphatic carbocycles. The molecule has 0 aliphatic heterocycles. The first-order valence-electron chi connectivity index (χ1n) is 6.37. The van der Waals surface area contributed by atoms with Gasteiger partial charge in [0.05, 0.1) is 24.3 Å². The molecule has 0 saturated carbocycles. The topological polar surface area (TPSA) is 118 Å². The zero-order valence-electron chi connectivity index (χ0n) is 12.9. The van der Waals surface area contributed by atoms with Gasteiger partial charge in [0.25, 0.3) is 0 Å². The van der Waals surface area contributed by atoms with Crippen molar-refractivity contribution in [2.75, 3.05) is 12.8 Å². The fraction of sp³-hybridized carbons (Fsp3) is 0.143. The molecule has 2 N–H and O–H groups in total. The molecule has 9 heteroatoms. The summed E-state index contributed by atoms with van der Waals surface area (Å²) < 4.78 is 6.52. The number of fused-ring (bicyclic) bond motifs is 1. The Morgan fingerprint density at radius 1 is 1.35 bits per heavy atom. The average Bonchev–Trinajstić information content (AvgIpc) is 2.85. The molecule has 112 valence electrons. The second-order valence-electron chi connectivity index (χ2n) is 4.69. The maximum absolute atomic E-state index is 11.2. The van der Waals surface area contributed by atoms with E-state index >= 15 is 0 Å². The molecule has 0 bridgehead atoms. The van der Waals surface area contributed by atoms with Gasteiger partial charge in [0.2, 0.25) is 5.88 Å². The van der Waals surface area contributed by atoms with Gasteiger partial charge >= 0.3 is 29.6 Å². The van der Waals surface area contributed by atoms with E-state index in [0.717, 1.165) is 5.56 Å². The van der Waals surface area contributed by atoms with E-state index < -0.39 is 5.97 Å². The van der Waals surface area contributed by atoms with Gasteiger partial charge in [-0.05, 0) is 24.6 Å².